The van der Waals surface area contributed by atoms with Crippen molar-refractivity contribution in [3.63, 3.8) is 0 Å². The number of benzene rings is 2. The van der Waals surface area contributed by atoms with E-state index < -0.39 is 48.2 Å². The van der Waals surface area contributed by atoms with Crippen molar-refractivity contribution < 1.29 is 28.5 Å². The summed E-state index contributed by atoms with van der Waals surface area (Å²) in [5.41, 5.74) is 1.51. The van der Waals surface area contributed by atoms with Crippen LogP contribution < -0.4 is 0 Å². The van der Waals surface area contributed by atoms with Crippen molar-refractivity contribution in [2.24, 2.45) is 0 Å². The summed E-state index contributed by atoms with van der Waals surface area (Å²) in [7, 11) is 1.40. The van der Waals surface area contributed by atoms with E-state index >= 15 is 0 Å². The van der Waals surface area contributed by atoms with Crippen molar-refractivity contribution in [3.05, 3.63) is 75.5 Å². The molecule has 2 N–H and O–H groups in total. The van der Waals surface area contributed by atoms with Gasteiger partial charge in [0.25, 0.3) is 0 Å². The minimum Gasteiger partial charge on any atom is -0.391 e. The third-order valence-corrected chi connectivity index (χ3v) is 8.80. The van der Waals surface area contributed by atoms with Crippen LogP contribution in [0.5, 0.6) is 0 Å². The predicted octanol–water partition coefficient (Wildman–Crippen LogP) is 4.60. The van der Waals surface area contributed by atoms with E-state index in [1.807, 2.05) is 6.92 Å². The van der Waals surface area contributed by atoms with Gasteiger partial charge in [0.2, 0.25) is 0 Å². The fraction of sp³-hybridized carbons (Fsp3) is 0.345. The molecule has 1 fully saturated rings. The lowest BCUT2D eigenvalue weighted by Crippen LogP contribution is -2.56. The van der Waals surface area contributed by atoms with Gasteiger partial charge in [0.05, 0.1) is 43.8 Å². The van der Waals surface area contributed by atoms with E-state index in [9.17, 15) is 24.3 Å². The van der Waals surface area contributed by atoms with E-state index in [0.717, 1.165) is 9.71 Å². The second-order valence-corrected chi connectivity index (χ2v) is 12.1. The molecule has 0 saturated carbocycles. The molecule has 3 aromatic heterocycles. The van der Waals surface area contributed by atoms with Gasteiger partial charge < -0.3 is 19.7 Å². The number of hydrogen-bond donors (Lipinski definition) is 2. The lowest BCUT2D eigenvalue weighted by Gasteiger charge is -2.44. The molecule has 0 bridgehead atoms. The number of aliphatic hydroxyl groups is 2. The Bertz CT molecular complexity index is 1920. The predicted molar refractivity (Wildman–Crippen MR) is 156 cm³/mol. The minimum absolute atomic E-state index is 0.0783. The lowest BCUT2D eigenvalue weighted by atomic mass is 9.89. The van der Waals surface area contributed by atoms with Crippen LogP contribution >= 0.6 is 22.9 Å². The molecule has 5 aromatic rings. The van der Waals surface area contributed by atoms with Crippen LogP contribution in [0.15, 0.2) is 36.7 Å². The molecule has 2 aromatic carbocycles. The summed E-state index contributed by atoms with van der Waals surface area (Å²) in [5, 5.41) is 42.0. The first-order valence-corrected chi connectivity index (χ1v) is 14.7. The van der Waals surface area contributed by atoms with E-state index in [2.05, 4.69) is 26.2 Å². The Morgan fingerprint density at radius 3 is 2.68 bits per heavy atom. The Kier molecular flexibility index (Phi) is 7.95. The van der Waals surface area contributed by atoms with Crippen molar-refractivity contribution in [1.29, 1.82) is 5.26 Å². The number of fused-ring (bicyclic) bond motifs is 1. The Labute approximate surface area is 258 Å². The molecular formula is C29H26ClF2N7O4S. The van der Waals surface area contributed by atoms with Gasteiger partial charge in [-0.05, 0) is 45.0 Å². The third kappa shape index (κ3) is 5.05. The molecule has 15 heteroatoms. The van der Waals surface area contributed by atoms with Crippen molar-refractivity contribution in [1.82, 2.24) is 29.5 Å². The van der Waals surface area contributed by atoms with Gasteiger partial charge in [0.1, 0.15) is 42.4 Å². The molecule has 0 aliphatic carbocycles. The minimum atomic E-state index is -1.39. The van der Waals surface area contributed by atoms with Gasteiger partial charge in [0, 0.05) is 24.4 Å². The smallest absolute Gasteiger partial charge is 0.178 e. The SMILES string of the molecule is CO[C@H]1C(C(C)O)O[C@@H](c2nc(C)nn2-c2cc3sc(C)nc3cc2C#N)[C@@H](O)C1n1cc(-c2ccc(Cl)c(F)c2F)cn1. The second-order valence-electron chi connectivity index (χ2n) is 10.5. The van der Waals surface area contributed by atoms with Crippen LogP contribution in [0.25, 0.3) is 27.0 Å². The van der Waals surface area contributed by atoms with Crippen molar-refractivity contribution >= 4 is 33.2 Å². The van der Waals surface area contributed by atoms with Crippen LogP contribution in [0.4, 0.5) is 8.78 Å². The molecule has 4 heterocycles. The first kappa shape index (κ1) is 30.2. The lowest BCUT2D eigenvalue weighted by molar-refractivity contribution is -0.230. The number of aryl methyl sites for hydroxylation is 2. The number of methoxy groups -OCH3 is 1. The zero-order valence-electron chi connectivity index (χ0n) is 23.8. The third-order valence-electron chi connectivity index (χ3n) is 7.58. The van der Waals surface area contributed by atoms with Crippen LogP contribution in [0.3, 0.4) is 0 Å². The van der Waals surface area contributed by atoms with Crippen LogP contribution in [0.1, 0.15) is 41.3 Å². The van der Waals surface area contributed by atoms with E-state index in [1.54, 1.807) is 19.1 Å². The van der Waals surface area contributed by atoms with Gasteiger partial charge in [0.15, 0.2) is 17.5 Å². The summed E-state index contributed by atoms with van der Waals surface area (Å²) in [6, 6.07) is 7.22. The second kappa shape index (κ2) is 11.6. The molecule has 228 valence electrons. The van der Waals surface area contributed by atoms with Gasteiger partial charge >= 0.3 is 0 Å². The molecule has 0 spiro atoms. The summed E-state index contributed by atoms with van der Waals surface area (Å²) in [6.07, 6.45) is -2.79. The van der Waals surface area contributed by atoms with Gasteiger partial charge in [-0.2, -0.15) is 15.5 Å². The van der Waals surface area contributed by atoms with E-state index in [4.69, 9.17) is 21.1 Å². The maximum Gasteiger partial charge on any atom is 0.178 e. The van der Waals surface area contributed by atoms with Crippen LogP contribution in [0.2, 0.25) is 5.02 Å². The van der Waals surface area contributed by atoms with Crippen LogP contribution in [-0.2, 0) is 9.47 Å². The van der Waals surface area contributed by atoms with Gasteiger partial charge in [-0.15, -0.1) is 11.3 Å². The first-order chi connectivity index (χ1) is 21.0. The molecule has 3 unspecified atom stereocenters. The maximum absolute atomic E-state index is 14.8. The molecule has 1 saturated heterocycles. The first-order valence-electron chi connectivity index (χ1n) is 13.5. The number of rotatable bonds is 6. The zero-order valence-corrected chi connectivity index (χ0v) is 25.4. The van der Waals surface area contributed by atoms with Crippen LogP contribution in [-0.4, -0.2) is 71.3 Å². The number of aliphatic hydroxyl groups excluding tert-OH is 2. The van der Waals surface area contributed by atoms with Crippen molar-refractivity contribution in [3.8, 4) is 22.9 Å². The number of hydrogen-bond acceptors (Lipinski definition) is 10. The molecule has 44 heavy (non-hydrogen) atoms. The summed E-state index contributed by atoms with van der Waals surface area (Å²) >= 11 is 7.18. The highest BCUT2D eigenvalue weighted by Gasteiger charge is 2.50. The maximum atomic E-state index is 14.8. The van der Waals surface area contributed by atoms with Gasteiger partial charge in [-0.3, -0.25) is 4.68 Å². The Balaban J connectivity index is 1.46. The Hall–Kier alpha value is -3.84. The van der Waals surface area contributed by atoms with E-state index in [1.165, 1.54) is 59.3 Å². The molecule has 11 nitrogen and oxygen atoms in total. The fourth-order valence-corrected chi connectivity index (χ4v) is 6.59. The highest BCUT2D eigenvalue weighted by molar-refractivity contribution is 7.18. The number of nitriles is 1. The Morgan fingerprint density at radius 2 is 1.98 bits per heavy atom. The van der Waals surface area contributed by atoms with Crippen LogP contribution in [0, 0.1) is 36.8 Å². The summed E-state index contributed by atoms with van der Waals surface area (Å²) < 4.78 is 44.6. The standard InChI is InChI=1S/C29H26ClF2N7O4S/c1-12(40)26-27(42-4)24(38-11-16(10-34-38)17-5-6-18(30)23(32)22(17)31)25(41)28(43-26)29-35-13(2)37-39(29)20-8-21-19(7-15(20)9-33)36-14(3)44-21/h5-8,10-12,24-28,40-41H,1-4H3/t12?,24?,25-,26?,27+,28+/m0/s1. The highest BCUT2D eigenvalue weighted by Crippen LogP contribution is 2.41. The highest BCUT2D eigenvalue weighted by atomic mass is 35.5. The normalized spacial score (nSPS) is 22.8. The van der Waals surface area contributed by atoms with E-state index in [-0.39, 0.29) is 27.5 Å². The molecule has 1 aliphatic heterocycles. The zero-order chi connectivity index (χ0) is 31.4. The molecule has 6 rings (SSSR count). The largest absolute Gasteiger partial charge is 0.391 e. The van der Waals surface area contributed by atoms with Gasteiger partial charge in [-0.25, -0.2) is 23.4 Å². The van der Waals surface area contributed by atoms with E-state index in [0.29, 0.717) is 17.0 Å². The topological polar surface area (TPSA) is 144 Å². The Morgan fingerprint density at radius 1 is 1.20 bits per heavy atom. The molecule has 1 aliphatic rings. The van der Waals surface area contributed by atoms with Crippen molar-refractivity contribution in [2.45, 2.75) is 57.3 Å². The molecule has 6 atom stereocenters. The number of thiazole rings is 1. The van der Waals surface area contributed by atoms with Crippen molar-refractivity contribution in [2.75, 3.05) is 7.11 Å². The average Bonchev–Trinajstić information content (AvgIpc) is 3.72. The molecular weight excluding hydrogens is 616 g/mol. The number of halogens is 3. The van der Waals surface area contributed by atoms with Gasteiger partial charge in [-0.1, -0.05) is 11.6 Å². The number of nitrogens with zero attached hydrogens (tertiary/aromatic N) is 7. The average molecular weight is 642 g/mol. The fourth-order valence-electron chi connectivity index (χ4n) is 5.60. The molecule has 0 radical (unpaired) electrons. The summed E-state index contributed by atoms with van der Waals surface area (Å²) in [4.78, 5) is 9.04. The number of aromatic nitrogens is 6. The monoisotopic (exact) mass is 641 g/mol. The number of ether oxygens (including phenoxy) is 2. The molecule has 0 amide bonds. The summed E-state index contributed by atoms with van der Waals surface area (Å²) in [6.45, 7) is 5.05. The quantitative estimate of drug-likeness (QED) is 0.254. The summed E-state index contributed by atoms with van der Waals surface area (Å²) in [5.74, 6) is -1.81.